The third kappa shape index (κ3) is 8.74. The number of hydrogen-bond donors (Lipinski definition) is 8. The van der Waals surface area contributed by atoms with Gasteiger partial charge in [0.05, 0.1) is 50.6 Å². The van der Waals surface area contributed by atoms with E-state index in [1.165, 1.54) is 20.1 Å². The number of carbonyl (C=O) groups is 3. The molecule has 4 aliphatic heterocycles. The number of aliphatic hydroxyl groups excluding tert-OH is 8. The molecule has 0 aromatic carbocycles. The molecule has 4 heterocycles. The van der Waals surface area contributed by atoms with Gasteiger partial charge in [0.1, 0.15) is 54.9 Å². The first kappa shape index (κ1) is 41.9. The lowest BCUT2D eigenvalue weighted by Crippen LogP contribution is -2.60. The van der Waals surface area contributed by atoms with Gasteiger partial charge in [-0.15, -0.1) is 6.58 Å². The molecule has 5 rings (SSSR count). The van der Waals surface area contributed by atoms with Crippen molar-refractivity contribution in [2.75, 3.05) is 26.9 Å². The molecule has 20 nitrogen and oxygen atoms in total. The van der Waals surface area contributed by atoms with Crippen LogP contribution in [0.1, 0.15) is 26.2 Å². The summed E-state index contributed by atoms with van der Waals surface area (Å²) in [6.07, 6.45) is -15.4. The van der Waals surface area contributed by atoms with E-state index in [1.807, 2.05) is 0 Å². The average molecular weight is 777 g/mol. The van der Waals surface area contributed by atoms with Crippen molar-refractivity contribution in [3.8, 4) is 0 Å². The Bertz CT molecular complexity index is 1400. The normalized spacial score (nSPS) is 41.9. The zero-order chi connectivity index (χ0) is 39.4. The van der Waals surface area contributed by atoms with Gasteiger partial charge in [-0.1, -0.05) is 6.08 Å². The molecule has 2 saturated heterocycles. The van der Waals surface area contributed by atoms with Crippen LogP contribution >= 0.6 is 0 Å². The summed E-state index contributed by atoms with van der Waals surface area (Å²) < 4.78 is 50.1. The smallest absolute Gasteiger partial charge is 0.337 e. The van der Waals surface area contributed by atoms with Crippen LogP contribution in [0.5, 0.6) is 0 Å². The quantitative estimate of drug-likeness (QED) is 0.0513. The molecule has 0 amide bonds. The minimum atomic E-state index is -1.75. The molecule has 20 heteroatoms. The average Bonchev–Trinajstić information content (AvgIpc) is 3.58. The number of ether oxygens (including phenoxy) is 9. The Kier molecular flexibility index (Phi) is 14.1. The molecule has 0 radical (unpaired) electrons. The lowest BCUT2D eigenvalue weighted by molar-refractivity contribution is -0.341. The van der Waals surface area contributed by atoms with E-state index in [4.69, 9.17) is 42.6 Å². The molecule has 8 N–H and O–H groups in total. The minimum Gasteiger partial charge on any atom is -0.472 e. The van der Waals surface area contributed by atoms with Gasteiger partial charge < -0.3 is 83.5 Å². The van der Waals surface area contributed by atoms with E-state index >= 15 is 0 Å². The Morgan fingerprint density at radius 1 is 0.778 bits per heavy atom. The van der Waals surface area contributed by atoms with Crippen molar-refractivity contribution in [1.29, 1.82) is 0 Å². The van der Waals surface area contributed by atoms with Crippen molar-refractivity contribution in [3.63, 3.8) is 0 Å². The van der Waals surface area contributed by atoms with E-state index in [-0.39, 0.29) is 37.0 Å². The van der Waals surface area contributed by atoms with E-state index in [0.29, 0.717) is 0 Å². The third-order valence-electron chi connectivity index (χ3n) is 10.3. The van der Waals surface area contributed by atoms with Crippen LogP contribution < -0.4 is 0 Å². The zero-order valence-corrected chi connectivity index (χ0v) is 29.5. The molecule has 0 aromatic heterocycles. The van der Waals surface area contributed by atoms with E-state index in [9.17, 15) is 55.2 Å². The Hall–Kier alpha value is -3.25. The van der Waals surface area contributed by atoms with Crippen molar-refractivity contribution >= 4 is 17.9 Å². The number of esters is 3. The summed E-state index contributed by atoms with van der Waals surface area (Å²) >= 11 is 0. The van der Waals surface area contributed by atoms with Gasteiger partial charge in [-0.25, -0.2) is 9.59 Å². The molecular formula is C34H48O20. The van der Waals surface area contributed by atoms with Gasteiger partial charge in [0.15, 0.2) is 12.6 Å². The maximum Gasteiger partial charge on any atom is 0.337 e. The van der Waals surface area contributed by atoms with Gasteiger partial charge in [0, 0.05) is 30.6 Å². The monoisotopic (exact) mass is 776 g/mol. The first-order valence-corrected chi connectivity index (χ1v) is 17.4. The van der Waals surface area contributed by atoms with E-state index in [0.717, 1.165) is 12.5 Å². The summed E-state index contributed by atoms with van der Waals surface area (Å²) in [6.45, 7) is 3.50. The summed E-state index contributed by atoms with van der Waals surface area (Å²) in [4.78, 5) is 38.2. The summed E-state index contributed by atoms with van der Waals surface area (Å²) in [7, 11) is 1.18. The highest BCUT2D eigenvalue weighted by molar-refractivity contribution is 5.90. The van der Waals surface area contributed by atoms with Crippen LogP contribution in [0.2, 0.25) is 0 Å². The molecule has 0 unspecified atom stereocenters. The topological polar surface area (TPSA) is 296 Å². The Morgan fingerprint density at radius 2 is 1.33 bits per heavy atom. The fourth-order valence-corrected chi connectivity index (χ4v) is 7.39. The fraction of sp³-hybridized carbons (Fsp3) is 0.735. The lowest BCUT2D eigenvalue weighted by atomic mass is 9.81. The molecule has 0 bridgehead atoms. The van der Waals surface area contributed by atoms with E-state index in [1.54, 1.807) is 0 Å². The van der Waals surface area contributed by atoms with Crippen LogP contribution in [0.15, 0.2) is 36.3 Å². The minimum absolute atomic E-state index is 0.00956. The van der Waals surface area contributed by atoms with Crippen molar-refractivity contribution < 1.29 is 97.9 Å². The first-order valence-electron chi connectivity index (χ1n) is 17.4. The summed E-state index contributed by atoms with van der Waals surface area (Å²) in [6, 6.07) is 0. The summed E-state index contributed by atoms with van der Waals surface area (Å²) in [5, 5.41) is 81.0. The second kappa shape index (κ2) is 18.1. The van der Waals surface area contributed by atoms with Gasteiger partial charge in [-0.3, -0.25) is 4.79 Å². The Morgan fingerprint density at radius 3 is 1.87 bits per heavy atom. The van der Waals surface area contributed by atoms with E-state index < -0.39 is 135 Å². The fourth-order valence-electron chi connectivity index (χ4n) is 7.39. The number of aliphatic hydroxyl groups is 8. The Labute approximate surface area is 309 Å². The number of methoxy groups -OCH3 is 1. The highest BCUT2D eigenvalue weighted by Gasteiger charge is 2.53. The van der Waals surface area contributed by atoms with Crippen LogP contribution in [-0.2, 0) is 57.0 Å². The summed E-state index contributed by atoms with van der Waals surface area (Å²) in [5.41, 5.74) is 0.110. The van der Waals surface area contributed by atoms with Crippen LogP contribution in [0.25, 0.3) is 0 Å². The molecule has 17 atom stereocenters. The molecule has 5 aliphatic rings. The molecule has 304 valence electrons. The lowest BCUT2D eigenvalue weighted by Gasteiger charge is -2.43. The molecule has 1 saturated carbocycles. The van der Waals surface area contributed by atoms with Gasteiger partial charge in [-0.2, -0.15) is 0 Å². The van der Waals surface area contributed by atoms with Crippen molar-refractivity contribution in [3.05, 3.63) is 36.3 Å². The summed E-state index contributed by atoms with van der Waals surface area (Å²) in [5.74, 6) is -5.17. The van der Waals surface area contributed by atoms with Crippen molar-refractivity contribution in [1.82, 2.24) is 0 Å². The van der Waals surface area contributed by atoms with Crippen LogP contribution in [-0.4, -0.2) is 166 Å². The van der Waals surface area contributed by atoms with Gasteiger partial charge in [0.2, 0.25) is 12.6 Å². The molecular weight excluding hydrogens is 728 g/mol. The van der Waals surface area contributed by atoms with Crippen molar-refractivity contribution in [2.24, 2.45) is 23.7 Å². The largest absolute Gasteiger partial charge is 0.472 e. The number of hydrogen-bond acceptors (Lipinski definition) is 20. The van der Waals surface area contributed by atoms with Gasteiger partial charge >= 0.3 is 17.9 Å². The SMILES string of the molecule is C=C[C@H]1[C@H](O[C@@H]2O[C@H](CO)[C@@H](O)[C@H](O)[C@H]2O)OC=C(C(=O)O[C@@H]2C[C@H]3[C@H](O[C@@H]4O[C@H](CO)[C@@H](O)[C@H](O)[C@H]4O)OC=C(C(=O)OC)[C@H]3C2)[C@H]1CCOC(C)=O. The first-order chi connectivity index (χ1) is 25.7. The highest BCUT2D eigenvalue weighted by atomic mass is 16.8. The van der Waals surface area contributed by atoms with E-state index in [2.05, 4.69) is 6.58 Å². The second-order valence-electron chi connectivity index (χ2n) is 13.6. The van der Waals surface area contributed by atoms with Crippen LogP contribution in [0, 0.1) is 23.7 Å². The van der Waals surface area contributed by atoms with Crippen LogP contribution in [0.3, 0.4) is 0 Å². The maximum absolute atomic E-state index is 13.9. The maximum atomic E-state index is 13.9. The van der Waals surface area contributed by atoms with Gasteiger partial charge in [-0.05, 0) is 19.3 Å². The third-order valence-corrected chi connectivity index (χ3v) is 10.3. The zero-order valence-electron chi connectivity index (χ0n) is 29.5. The molecule has 0 spiro atoms. The predicted molar refractivity (Wildman–Crippen MR) is 172 cm³/mol. The van der Waals surface area contributed by atoms with Gasteiger partial charge in [0.25, 0.3) is 0 Å². The molecule has 1 aliphatic carbocycles. The van der Waals surface area contributed by atoms with Crippen LogP contribution in [0.4, 0.5) is 0 Å². The number of rotatable bonds is 13. The number of carbonyl (C=O) groups excluding carboxylic acids is 3. The highest BCUT2D eigenvalue weighted by Crippen LogP contribution is 2.46. The molecule has 0 aromatic rings. The predicted octanol–water partition coefficient (Wildman–Crippen LogP) is -3.42. The second-order valence-corrected chi connectivity index (χ2v) is 13.6. The molecule has 3 fully saturated rings. The Balaban J connectivity index is 1.33. The molecule has 54 heavy (non-hydrogen) atoms. The van der Waals surface area contributed by atoms with Crippen molar-refractivity contribution in [2.45, 2.75) is 106 Å². The number of fused-ring (bicyclic) bond motifs is 1. The standard InChI is InChI=1S/C34H48O20/c1-4-15-16(5-6-47-13(2)37)19(11-48-31(15)53-33-27(42)25(40)23(38)21(9-35)51-33)30(45)50-14-7-17-18(8-14)32(49-12-20(17)29(44)46-3)54-34-28(43)26(41)24(39)22(10-36)52-34/h4,11-12,14-18,21-28,31-36,38-43H,1,5-10H2,2-3H3/t14-,15+,16-,17-,18+,21+,22+,23+,24+,25-,26-,27+,28+,31-,32-,33-,34-/m0/s1.